The summed E-state index contributed by atoms with van der Waals surface area (Å²) in [5, 5.41) is 6.56. The van der Waals surface area contributed by atoms with Crippen LogP contribution in [0.15, 0.2) is 60.7 Å². The molecule has 3 aliphatic heterocycles. The molecule has 1 saturated heterocycles. The lowest BCUT2D eigenvalue weighted by molar-refractivity contribution is 0.0378. The number of carbonyl (C=O) groups excluding carboxylic acids is 2. The second-order valence-corrected chi connectivity index (χ2v) is 9.36. The molecule has 0 radical (unpaired) electrons. The van der Waals surface area contributed by atoms with Gasteiger partial charge in [-0.1, -0.05) is 23.7 Å². The van der Waals surface area contributed by atoms with Crippen molar-refractivity contribution < 1.29 is 23.8 Å². The first kappa shape index (κ1) is 21.6. The van der Waals surface area contributed by atoms with E-state index in [0.717, 1.165) is 11.1 Å². The van der Waals surface area contributed by atoms with Crippen molar-refractivity contribution in [2.24, 2.45) is 0 Å². The predicted molar refractivity (Wildman–Crippen MR) is 129 cm³/mol. The Bertz CT molecular complexity index is 1360. The SMILES string of the molecule is C[C@@]12C[C@@H](NC(=O)N1c1cccc(C(=O)NCc3ccc4c(c3)OCO4)c1)c1cc(Cl)ccc1O2. The van der Waals surface area contributed by atoms with Crippen LogP contribution in [0.25, 0.3) is 0 Å². The highest BCUT2D eigenvalue weighted by atomic mass is 35.5. The van der Waals surface area contributed by atoms with E-state index in [-0.39, 0.29) is 24.8 Å². The third kappa shape index (κ3) is 3.80. The Balaban J connectivity index is 1.22. The van der Waals surface area contributed by atoms with E-state index in [2.05, 4.69) is 10.6 Å². The van der Waals surface area contributed by atoms with Crippen molar-refractivity contribution in [2.45, 2.75) is 31.7 Å². The Morgan fingerprint density at radius 2 is 1.94 bits per heavy atom. The molecule has 3 heterocycles. The van der Waals surface area contributed by atoms with Gasteiger partial charge in [-0.25, -0.2) is 4.79 Å². The summed E-state index contributed by atoms with van der Waals surface area (Å²) in [6.45, 7) is 2.40. The van der Waals surface area contributed by atoms with Gasteiger partial charge in [0, 0.05) is 29.1 Å². The number of amides is 3. The summed E-state index contributed by atoms with van der Waals surface area (Å²) in [4.78, 5) is 27.7. The maximum absolute atomic E-state index is 13.2. The molecule has 6 rings (SSSR count). The number of fused-ring (bicyclic) bond motifs is 5. The summed E-state index contributed by atoms with van der Waals surface area (Å²) in [6.07, 6.45) is 0.534. The Morgan fingerprint density at radius 1 is 1.11 bits per heavy atom. The maximum Gasteiger partial charge on any atom is 0.325 e. The van der Waals surface area contributed by atoms with Gasteiger partial charge < -0.3 is 24.8 Å². The van der Waals surface area contributed by atoms with Gasteiger partial charge in [0.1, 0.15) is 5.75 Å². The Kier molecular flexibility index (Phi) is 5.00. The first-order valence-electron chi connectivity index (χ1n) is 11.3. The van der Waals surface area contributed by atoms with Gasteiger partial charge in [0.15, 0.2) is 17.2 Å². The lowest BCUT2D eigenvalue weighted by atomic mass is 9.90. The van der Waals surface area contributed by atoms with Crippen molar-refractivity contribution >= 4 is 29.2 Å². The molecule has 0 unspecified atom stereocenters. The number of ether oxygens (including phenoxy) is 3. The van der Waals surface area contributed by atoms with Crippen molar-refractivity contribution in [3.05, 3.63) is 82.4 Å². The molecule has 2 bridgehead atoms. The fourth-order valence-electron chi connectivity index (χ4n) is 4.86. The van der Waals surface area contributed by atoms with E-state index in [1.165, 1.54) is 0 Å². The minimum absolute atomic E-state index is 0.199. The van der Waals surface area contributed by atoms with Crippen molar-refractivity contribution in [1.29, 1.82) is 0 Å². The van der Waals surface area contributed by atoms with Crippen LogP contribution in [0.1, 0.15) is 40.9 Å². The van der Waals surface area contributed by atoms with Gasteiger partial charge in [-0.2, -0.15) is 0 Å². The summed E-state index contributed by atoms with van der Waals surface area (Å²) >= 11 is 6.16. The zero-order chi connectivity index (χ0) is 24.2. The molecule has 3 aliphatic rings. The standard InChI is InChI=1S/C26H22ClN3O5/c1-26-12-20(19-11-17(27)6-8-21(19)35-26)29-25(32)30(26)18-4-2-3-16(10-18)24(31)28-13-15-5-7-22-23(9-15)34-14-33-22/h2-11,20H,12-14H2,1H3,(H,28,31)(H,29,32)/t20-,26-/m1/s1. The number of carbonyl (C=O) groups is 2. The van der Waals surface area contributed by atoms with E-state index in [1.54, 1.807) is 35.2 Å². The maximum atomic E-state index is 13.2. The van der Waals surface area contributed by atoms with Crippen LogP contribution in [-0.2, 0) is 6.54 Å². The van der Waals surface area contributed by atoms with Gasteiger partial charge in [0.05, 0.1) is 11.7 Å². The minimum atomic E-state index is -0.921. The van der Waals surface area contributed by atoms with E-state index < -0.39 is 5.72 Å². The third-order valence-corrected chi connectivity index (χ3v) is 6.73. The first-order chi connectivity index (χ1) is 16.9. The van der Waals surface area contributed by atoms with E-state index in [1.807, 2.05) is 37.3 Å². The fourth-order valence-corrected chi connectivity index (χ4v) is 5.04. The number of urea groups is 1. The van der Waals surface area contributed by atoms with Crippen LogP contribution in [-0.4, -0.2) is 24.5 Å². The molecule has 3 amide bonds. The number of nitrogens with zero attached hydrogens (tertiary/aromatic N) is 1. The van der Waals surface area contributed by atoms with Crippen LogP contribution in [0.5, 0.6) is 17.2 Å². The van der Waals surface area contributed by atoms with Gasteiger partial charge in [-0.05, 0) is 61.0 Å². The second-order valence-electron chi connectivity index (χ2n) is 8.92. The molecule has 178 valence electrons. The van der Waals surface area contributed by atoms with Crippen LogP contribution in [0.2, 0.25) is 5.02 Å². The van der Waals surface area contributed by atoms with E-state index in [9.17, 15) is 9.59 Å². The number of hydrogen-bond acceptors (Lipinski definition) is 5. The highest BCUT2D eigenvalue weighted by Crippen LogP contribution is 2.46. The third-order valence-electron chi connectivity index (χ3n) is 6.49. The lowest BCUT2D eigenvalue weighted by Gasteiger charge is -2.50. The molecule has 3 aromatic rings. The molecule has 0 spiro atoms. The first-order valence-corrected chi connectivity index (χ1v) is 11.6. The van der Waals surface area contributed by atoms with Crippen molar-refractivity contribution in [1.82, 2.24) is 10.6 Å². The van der Waals surface area contributed by atoms with Gasteiger partial charge in [0.2, 0.25) is 6.79 Å². The van der Waals surface area contributed by atoms with Crippen LogP contribution >= 0.6 is 11.6 Å². The number of halogens is 1. The van der Waals surface area contributed by atoms with Crippen LogP contribution in [0.3, 0.4) is 0 Å². The van der Waals surface area contributed by atoms with Gasteiger partial charge in [-0.3, -0.25) is 9.69 Å². The fraction of sp³-hybridized carbons (Fsp3) is 0.231. The van der Waals surface area contributed by atoms with Crippen LogP contribution in [0, 0.1) is 0 Å². The molecule has 0 aromatic heterocycles. The molecule has 3 aromatic carbocycles. The molecule has 2 atom stereocenters. The molecule has 0 saturated carbocycles. The molecule has 2 N–H and O–H groups in total. The van der Waals surface area contributed by atoms with Gasteiger partial charge in [-0.15, -0.1) is 0 Å². The Labute approximate surface area is 206 Å². The number of nitrogens with one attached hydrogen (secondary N) is 2. The molecule has 35 heavy (non-hydrogen) atoms. The number of benzene rings is 3. The number of anilines is 1. The van der Waals surface area contributed by atoms with Crippen molar-refractivity contribution in [3.63, 3.8) is 0 Å². The molecule has 8 nitrogen and oxygen atoms in total. The van der Waals surface area contributed by atoms with Crippen LogP contribution < -0.4 is 29.7 Å². The summed E-state index contributed by atoms with van der Waals surface area (Å²) in [6, 6.07) is 17.4. The highest BCUT2D eigenvalue weighted by molar-refractivity contribution is 6.30. The average Bonchev–Trinajstić information content (AvgIpc) is 3.31. The van der Waals surface area contributed by atoms with E-state index in [0.29, 0.717) is 46.5 Å². The summed E-state index contributed by atoms with van der Waals surface area (Å²) in [7, 11) is 0. The lowest BCUT2D eigenvalue weighted by Crippen LogP contribution is -2.65. The molecule has 9 heteroatoms. The normalized spacial score (nSPS) is 21.6. The molecule has 1 fully saturated rings. The molecule has 0 aliphatic carbocycles. The Morgan fingerprint density at radius 3 is 2.83 bits per heavy atom. The Hall–Kier alpha value is -3.91. The molecular formula is C26H22ClN3O5. The topological polar surface area (TPSA) is 89.1 Å². The second kappa shape index (κ2) is 8.09. The average molecular weight is 492 g/mol. The summed E-state index contributed by atoms with van der Waals surface area (Å²) < 4.78 is 17.0. The predicted octanol–water partition coefficient (Wildman–Crippen LogP) is 4.77. The largest absolute Gasteiger partial charge is 0.467 e. The van der Waals surface area contributed by atoms with Crippen molar-refractivity contribution in [2.75, 3.05) is 11.7 Å². The summed E-state index contributed by atoms with van der Waals surface area (Å²) in [5.74, 6) is 1.78. The highest BCUT2D eigenvalue weighted by Gasteiger charge is 2.50. The van der Waals surface area contributed by atoms with Gasteiger partial charge in [0.25, 0.3) is 5.91 Å². The van der Waals surface area contributed by atoms with Gasteiger partial charge >= 0.3 is 6.03 Å². The zero-order valence-corrected chi connectivity index (χ0v) is 19.6. The van der Waals surface area contributed by atoms with E-state index in [4.69, 9.17) is 25.8 Å². The monoisotopic (exact) mass is 491 g/mol. The number of hydrogen-bond donors (Lipinski definition) is 2. The smallest absolute Gasteiger partial charge is 0.325 e. The molecular weight excluding hydrogens is 470 g/mol. The van der Waals surface area contributed by atoms with Crippen molar-refractivity contribution in [3.8, 4) is 17.2 Å². The minimum Gasteiger partial charge on any atom is -0.467 e. The quantitative estimate of drug-likeness (QED) is 0.549. The summed E-state index contributed by atoms with van der Waals surface area (Å²) in [5.41, 5.74) is 1.83. The zero-order valence-electron chi connectivity index (χ0n) is 18.8. The van der Waals surface area contributed by atoms with E-state index >= 15 is 0 Å². The van der Waals surface area contributed by atoms with Crippen LogP contribution in [0.4, 0.5) is 10.5 Å². The number of rotatable bonds is 4.